The van der Waals surface area contributed by atoms with Crippen molar-refractivity contribution in [2.75, 3.05) is 6.67 Å². The van der Waals surface area contributed by atoms with Crippen molar-refractivity contribution >= 4 is 5.71 Å². The van der Waals surface area contributed by atoms with Gasteiger partial charge in [-0.3, -0.25) is 4.39 Å². The summed E-state index contributed by atoms with van der Waals surface area (Å²) in [5, 5.41) is 6.88. The van der Waals surface area contributed by atoms with Crippen LogP contribution in [0.1, 0.15) is 6.42 Å². The van der Waals surface area contributed by atoms with Gasteiger partial charge in [0, 0.05) is 12.1 Å². The lowest BCUT2D eigenvalue weighted by Gasteiger charge is -1.87. The molecule has 2 nitrogen and oxygen atoms in total. The summed E-state index contributed by atoms with van der Waals surface area (Å²) in [6, 6.07) is 0. The third kappa shape index (κ3) is 3.33. The number of alkyl halides is 1. The van der Waals surface area contributed by atoms with Crippen LogP contribution < -0.4 is 5.73 Å². The van der Waals surface area contributed by atoms with Gasteiger partial charge in [-0.15, -0.1) is 0 Å². The van der Waals surface area contributed by atoms with Gasteiger partial charge in [-0.05, 0) is 12.3 Å². The number of nitrogens with two attached hydrogens (primary N) is 1. The molecule has 0 aliphatic rings. The maximum absolute atomic E-state index is 11.4. The first-order valence-corrected chi connectivity index (χ1v) is 2.33. The average molecular weight is 116 g/mol. The fraction of sp³-hybridized carbons (Fsp3) is 0.400. The SMILES string of the molecule is N=C(/C=C\N)CCF. The predicted octanol–water partition coefficient (Wildman–Crippen LogP) is 0.838. The van der Waals surface area contributed by atoms with E-state index in [-0.39, 0.29) is 12.1 Å². The lowest BCUT2D eigenvalue weighted by molar-refractivity contribution is 0.508. The fourth-order valence-corrected chi connectivity index (χ4v) is 0.301. The van der Waals surface area contributed by atoms with Crippen LogP contribution in [0.25, 0.3) is 0 Å². The zero-order chi connectivity index (χ0) is 6.41. The minimum Gasteiger partial charge on any atom is -0.405 e. The molecule has 0 unspecified atom stereocenters. The lowest BCUT2D eigenvalue weighted by Crippen LogP contribution is -1.93. The van der Waals surface area contributed by atoms with Gasteiger partial charge < -0.3 is 11.1 Å². The zero-order valence-electron chi connectivity index (χ0n) is 4.52. The van der Waals surface area contributed by atoms with Crippen LogP contribution in [0.3, 0.4) is 0 Å². The summed E-state index contributed by atoms with van der Waals surface area (Å²) in [5.41, 5.74) is 5.15. The second-order valence-electron chi connectivity index (χ2n) is 1.32. The summed E-state index contributed by atoms with van der Waals surface area (Å²) >= 11 is 0. The van der Waals surface area contributed by atoms with E-state index in [1.54, 1.807) is 0 Å². The maximum atomic E-state index is 11.4. The minimum atomic E-state index is -0.483. The van der Waals surface area contributed by atoms with E-state index in [0.717, 1.165) is 0 Å². The van der Waals surface area contributed by atoms with Crippen LogP contribution >= 0.6 is 0 Å². The number of halogens is 1. The quantitative estimate of drug-likeness (QED) is 0.527. The second kappa shape index (κ2) is 4.30. The average Bonchev–Trinajstić information content (AvgIpc) is 1.68. The monoisotopic (exact) mass is 116 g/mol. The van der Waals surface area contributed by atoms with Crippen molar-refractivity contribution in [3.63, 3.8) is 0 Å². The Balaban J connectivity index is 3.33. The van der Waals surface area contributed by atoms with Crippen molar-refractivity contribution in [1.29, 1.82) is 5.41 Å². The van der Waals surface area contributed by atoms with E-state index in [9.17, 15) is 4.39 Å². The molecule has 0 aromatic heterocycles. The predicted molar refractivity (Wildman–Crippen MR) is 31.6 cm³/mol. The van der Waals surface area contributed by atoms with Crippen LogP contribution in [0.15, 0.2) is 12.3 Å². The number of rotatable bonds is 3. The number of nitrogens with one attached hydrogen (secondary N) is 1. The third-order valence-electron chi connectivity index (χ3n) is 0.661. The summed E-state index contributed by atoms with van der Waals surface area (Å²) in [5.74, 6) is 0. The first kappa shape index (κ1) is 7.14. The first-order chi connectivity index (χ1) is 3.81. The molecule has 0 amide bonds. The fourth-order valence-electron chi connectivity index (χ4n) is 0.301. The zero-order valence-corrected chi connectivity index (χ0v) is 4.52. The molecule has 0 saturated heterocycles. The Kier molecular flexibility index (Phi) is 3.84. The highest BCUT2D eigenvalue weighted by atomic mass is 19.1. The molecule has 0 rings (SSSR count). The normalized spacial score (nSPS) is 10.1. The number of hydrogen-bond donors (Lipinski definition) is 2. The summed E-state index contributed by atoms with van der Waals surface area (Å²) in [6.45, 7) is -0.483. The van der Waals surface area contributed by atoms with Gasteiger partial charge in [-0.2, -0.15) is 0 Å². The van der Waals surface area contributed by atoms with E-state index in [4.69, 9.17) is 11.1 Å². The first-order valence-electron chi connectivity index (χ1n) is 2.33. The molecule has 3 heteroatoms. The highest BCUT2D eigenvalue weighted by Crippen LogP contribution is 1.84. The van der Waals surface area contributed by atoms with E-state index >= 15 is 0 Å². The smallest absolute Gasteiger partial charge is 0.0949 e. The third-order valence-corrected chi connectivity index (χ3v) is 0.661. The summed E-state index contributed by atoms with van der Waals surface area (Å²) in [4.78, 5) is 0. The van der Waals surface area contributed by atoms with Crippen LogP contribution in [0, 0.1) is 5.41 Å². The molecular formula is C5H9FN2. The molecule has 0 aromatic rings. The molecular weight excluding hydrogens is 107 g/mol. The van der Waals surface area contributed by atoms with Crippen molar-refractivity contribution in [2.45, 2.75) is 6.42 Å². The standard InChI is InChI=1S/C5H9FN2/c6-3-1-5(8)2-4-7/h2,4,8H,1,3,7H2/b4-2-,8-5?. The van der Waals surface area contributed by atoms with Gasteiger partial charge in [-0.1, -0.05) is 0 Å². The lowest BCUT2D eigenvalue weighted by atomic mass is 10.3. The van der Waals surface area contributed by atoms with Crippen LogP contribution in [0.2, 0.25) is 0 Å². The summed E-state index contributed by atoms with van der Waals surface area (Å²) in [7, 11) is 0. The van der Waals surface area contributed by atoms with Crippen LogP contribution in [-0.4, -0.2) is 12.4 Å². The molecule has 0 aliphatic heterocycles. The van der Waals surface area contributed by atoms with Crippen LogP contribution in [0.4, 0.5) is 4.39 Å². The van der Waals surface area contributed by atoms with Crippen molar-refractivity contribution in [3.05, 3.63) is 12.3 Å². The van der Waals surface area contributed by atoms with Crippen molar-refractivity contribution < 1.29 is 4.39 Å². The van der Waals surface area contributed by atoms with Gasteiger partial charge >= 0.3 is 0 Å². The topological polar surface area (TPSA) is 49.9 Å². The van der Waals surface area contributed by atoms with E-state index in [2.05, 4.69) is 0 Å². The van der Waals surface area contributed by atoms with E-state index in [0.29, 0.717) is 0 Å². The Bertz CT molecular complexity index is 98.6. The molecule has 0 atom stereocenters. The Morgan fingerprint density at radius 2 is 2.38 bits per heavy atom. The highest BCUT2D eigenvalue weighted by molar-refractivity contribution is 5.92. The molecule has 8 heavy (non-hydrogen) atoms. The molecule has 0 spiro atoms. The molecule has 0 saturated carbocycles. The summed E-state index contributed by atoms with van der Waals surface area (Å²) < 4.78 is 11.4. The molecule has 46 valence electrons. The molecule has 0 radical (unpaired) electrons. The Labute approximate surface area is 47.7 Å². The van der Waals surface area contributed by atoms with Crippen LogP contribution in [0.5, 0.6) is 0 Å². The van der Waals surface area contributed by atoms with Gasteiger partial charge in [0.1, 0.15) is 0 Å². The Morgan fingerprint density at radius 1 is 1.75 bits per heavy atom. The van der Waals surface area contributed by atoms with Gasteiger partial charge in [0.15, 0.2) is 0 Å². The Hall–Kier alpha value is -0.860. The largest absolute Gasteiger partial charge is 0.405 e. The van der Waals surface area contributed by atoms with E-state index < -0.39 is 6.67 Å². The highest BCUT2D eigenvalue weighted by Gasteiger charge is 1.86. The van der Waals surface area contributed by atoms with Crippen molar-refractivity contribution in [2.24, 2.45) is 5.73 Å². The Morgan fingerprint density at radius 3 is 2.75 bits per heavy atom. The van der Waals surface area contributed by atoms with E-state index in [1.165, 1.54) is 12.3 Å². The summed E-state index contributed by atoms with van der Waals surface area (Å²) in [6.07, 6.45) is 2.77. The van der Waals surface area contributed by atoms with Gasteiger partial charge in [-0.25, -0.2) is 0 Å². The second-order valence-corrected chi connectivity index (χ2v) is 1.32. The molecule has 0 heterocycles. The van der Waals surface area contributed by atoms with Crippen molar-refractivity contribution in [3.8, 4) is 0 Å². The van der Waals surface area contributed by atoms with Crippen molar-refractivity contribution in [1.82, 2.24) is 0 Å². The number of allylic oxidation sites excluding steroid dienone is 1. The van der Waals surface area contributed by atoms with E-state index in [1.807, 2.05) is 0 Å². The minimum absolute atomic E-state index is 0.160. The number of hydrogen-bond acceptors (Lipinski definition) is 2. The molecule has 0 fully saturated rings. The molecule has 0 aliphatic carbocycles. The molecule has 0 bridgehead atoms. The maximum Gasteiger partial charge on any atom is 0.0949 e. The molecule has 3 N–H and O–H groups in total. The van der Waals surface area contributed by atoms with Crippen LogP contribution in [-0.2, 0) is 0 Å². The van der Waals surface area contributed by atoms with Gasteiger partial charge in [0.05, 0.1) is 6.67 Å². The van der Waals surface area contributed by atoms with Gasteiger partial charge in [0.25, 0.3) is 0 Å². The van der Waals surface area contributed by atoms with Gasteiger partial charge in [0.2, 0.25) is 0 Å². The molecule has 0 aromatic carbocycles.